The van der Waals surface area contributed by atoms with Crippen LogP contribution in [0, 0.1) is 0 Å². The second kappa shape index (κ2) is 6.78. The number of ether oxygens (including phenoxy) is 2. The molecule has 4 rings (SSSR count). The highest BCUT2D eigenvalue weighted by Gasteiger charge is 2.41. The quantitative estimate of drug-likeness (QED) is 0.821. The smallest absolute Gasteiger partial charge is 0.341 e. The maximum Gasteiger partial charge on any atom is 0.341 e. The number of hydrogen-bond donors (Lipinski definition) is 1. The number of esters is 1. The van der Waals surface area contributed by atoms with Gasteiger partial charge in [0.1, 0.15) is 6.26 Å². The third-order valence-electron chi connectivity index (χ3n) is 5.03. The summed E-state index contributed by atoms with van der Waals surface area (Å²) in [4.78, 5) is 24.4. The van der Waals surface area contributed by atoms with Gasteiger partial charge in [-0.3, -0.25) is 0 Å². The van der Waals surface area contributed by atoms with Gasteiger partial charge < -0.3 is 18.8 Å². The maximum atomic E-state index is 11.5. The lowest BCUT2D eigenvalue weighted by Gasteiger charge is -2.36. The first-order chi connectivity index (χ1) is 12.2. The molecule has 136 valence electrons. The monoisotopic (exact) mass is 349 g/mol. The van der Waals surface area contributed by atoms with Gasteiger partial charge in [0.25, 0.3) is 0 Å². The van der Waals surface area contributed by atoms with Crippen molar-refractivity contribution in [1.82, 2.24) is 10.4 Å². The number of carbonyl (C=O) groups excluding carboxylic acids is 1. The Hall–Kier alpha value is -1.90. The maximum absolute atomic E-state index is 11.5. The fraction of sp³-hybridized carbons (Fsp3) is 0.647. The Bertz CT molecular complexity index is 657. The number of furan rings is 1. The van der Waals surface area contributed by atoms with E-state index in [2.05, 4.69) is 15.1 Å². The van der Waals surface area contributed by atoms with Crippen molar-refractivity contribution in [2.45, 2.75) is 37.5 Å². The van der Waals surface area contributed by atoms with Crippen LogP contribution in [0.15, 0.2) is 21.7 Å². The average molecular weight is 349 g/mol. The Morgan fingerprint density at radius 1 is 1.48 bits per heavy atom. The molecule has 0 aromatic carbocycles. The number of hydrogen-bond acceptors (Lipinski definition) is 8. The van der Waals surface area contributed by atoms with E-state index in [0.29, 0.717) is 23.3 Å². The van der Waals surface area contributed by atoms with Gasteiger partial charge in [0.05, 0.1) is 18.8 Å². The largest absolute Gasteiger partial charge is 0.465 e. The van der Waals surface area contributed by atoms with Crippen LogP contribution in [-0.2, 0) is 14.3 Å². The molecule has 3 aliphatic rings. The first kappa shape index (κ1) is 16.6. The molecule has 2 saturated heterocycles. The van der Waals surface area contributed by atoms with Gasteiger partial charge >= 0.3 is 5.97 Å². The van der Waals surface area contributed by atoms with Gasteiger partial charge in [0.15, 0.2) is 17.3 Å². The molecule has 0 amide bonds. The zero-order valence-electron chi connectivity index (χ0n) is 14.3. The zero-order chi connectivity index (χ0) is 17.3. The summed E-state index contributed by atoms with van der Waals surface area (Å²) in [6.07, 6.45) is 5.67. The van der Waals surface area contributed by atoms with E-state index in [9.17, 15) is 4.79 Å². The molecule has 0 radical (unpaired) electrons. The standard InChI is InChI=1S/C17H23N3O5/c1-22-16(21)12-9-14(24-11-12)15-18-17(25-19-15)4-6-20(7-5-17)10-13-3-2-8-23-13/h9,11,13H,2-8,10H2,1H3,(H,18,19). The van der Waals surface area contributed by atoms with Gasteiger partial charge in [-0.15, -0.1) is 0 Å². The molecule has 1 atom stereocenters. The van der Waals surface area contributed by atoms with Crippen LogP contribution in [0.5, 0.6) is 0 Å². The van der Waals surface area contributed by atoms with Crippen molar-refractivity contribution in [3.8, 4) is 0 Å². The van der Waals surface area contributed by atoms with Crippen molar-refractivity contribution in [3.05, 3.63) is 23.7 Å². The summed E-state index contributed by atoms with van der Waals surface area (Å²) in [5.41, 5.74) is 2.65. The molecule has 3 aliphatic heterocycles. The highest BCUT2D eigenvalue weighted by molar-refractivity contribution is 5.99. The number of amidine groups is 1. The summed E-state index contributed by atoms with van der Waals surface area (Å²) < 4.78 is 15.8. The predicted molar refractivity (Wildman–Crippen MR) is 88.2 cm³/mol. The van der Waals surface area contributed by atoms with Crippen LogP contribution in [0.25, 0.3) is 0 Å². The Morgan fingerprint density at radius 3 is 3.04 bits per heavy atom. The van der Waals surface area contributed by atoms with Gasteiger partial charge in [-0.2, -0.15) is 0 Å². The second-order valence-corrected chi connectivity index (χ2v) is 6.74. The highest BCUT2D eigenvalue weighted by Crippen LogP contribution is 2.31. The topological polar surface area (TPSA) is 85.5 Å². The first-order valence-electron chi connectivity index (χ1n) is 8.72. The Kier molecular flexibility index (Phi) is 4.49. The molecule has 1 unspecified atom stereocenters. The predicted octanol–water partition coefficient (Wildman–Crippen LogP) is 1.32. The third-order valence-corrected chi connectivity index (χ3v) is 5.03. The fourth-order valence-electron chi connectivity index (χ4n) is 3.56. The molecule has 1 N–H and O–H groups in total. The molecule has 0 bridgehead atoms. The lowest BCUT2D eigenvalue weighted by molar-refractivity contribution is -0.0927. The van der Waals surface area contributed by atoms with E-state index in [1.54, 1.807) is 6.07 Å². The number of carbonyl (C=O) groups is 1. The van der Waals surface area contributed by atoms with Crippen LogP contribution in [0.3, 0.4) is 0 Å². The molecule has 1 spiro atoms. The minimum absolute atomic E-state index is 0.356. The number of likely N-dealkylation sites (tertiary alicyclic amines) is 1. The van der Waals surface area contributed by atoms with Gasteiger partial charge in [-0.1, -0.05) is 0 Å². The Labute approximate surface area is 146 Å². The number of nitrogens with zero attached hydrogens (tertiary/aromatic N) is 2. The molecule has 25 heavy (non-hydrogen) atoms. The number of methoxy groups -OCH3 is 1. The van der Waals surface area contributed by atoms with Gasteiger partial charge in [-0.05, 0) is 12.8 Å². The van der Waals surface area contributed by atoms with Gasteiger partial charge in [-0.25, -0.2) is 20.1 Å². The lowest BCUT2D eigenvalue weighted by atomic mass is 10.0. The number of piperidine rings is 1. The molecule has 2 fully saturated rings. The van der Waals surface area contributed by atoms with Gasteiger partial charge in [0.2, 0.25) is 0 Å². The SMILES string of the molecule is COC(=O)c1coc(C2=NC3(CCN(CC4CCCO4)CC3)ON2)c1. The third kappa shape index (κ3) is 3.42. The van der Waals surface area contributed by atoms with E-state index in [1.165, 1.54) is 19.8 Å². The summed E-state index contributed by atoms with van der Waals surface area (Å²) >= 11 is 0. The van der Waals surface area contributed by atoms with Crippen molar-refractivity contribution >= 4 is 11.8 Å². The van der Waals surface area contributed by atoms with Crippen LogP contribution >= 0.6 is 0 Å². The van der Waals surface area contributed by atoms with E-state index in [0.717, 1.165) is 45.5 Å². The van der Waals surface area contributed by atoms with Crippen LogP contribution in [0.4, 0.5) is 0 Å². The second-order valence-electron chi connectivity index (χ2n) is 6.74. The summed E-state index contributed by atoms with van der Waals surface area (Å²) in [5, 5.41) is 0. The molecule has 8 heteroatoms. The zero-order valence-corrected chi connectivity index (χ0v) is 14.3. The highest BCUT2D eigenvalue weighted by atomic mass is 16.7. The van der Waals surface area contributed by atoms with E-state index in [4.69, 9.17) is 19.0 Å². The van der Waals surface area contributed by atoms with E-state index >= 15 is 0 Å². The molecule has 0 saturated carbocycles. The van der Waals surface area contributed by atoms with Crippen molar-refractivity contribution in [1.29, 1.82) is 0 Å². The minimum Gasteiger partial charge on any atom is -0.465 e. The van der Waals surface area contributed by atoms with Crippen LogP contribution in [0.2, 0.25) is 0 Å². The molecule has 0 aliphatic carbocycles. The lowest BCUT2D eigenvalue weighted by Crippen LogP contribution is -2.46. The molecule has 1 aromatic rings. The Balaban J connectivity index is 1.37. The van der Waals surface area contributed by atoms with Crippen LogP contribution in [0.1, 0.15) is 41.8 Å². The van der Waals surface area contributed by atoms with E-state index < -0.39 is 11.7 Å². The van der Waals surface area contributed by atoms with Crippen molar-refractivity contribution in [3.63, 3.8) is 0 Å². The molecular weight excluding hydrogens is 326 g/mol. The molecule has 8 nitrogen and oxygen atoms in total. The van der Waals surface area contributed by atoms with E-state index in [-0.39, 0.29) is 0 Å². The van der Waals surface area contributed by atoms with E-state index in [1.807, 2.05) is 0 Å². The number of rotatable bonds is 4. The van der Waals surface area contributed by atoms with Crippen LogP contribution in [-0.4, -0.2) is 61.9 Å². The normalized spacial score (nSPS) is 25.8. The van der Waals surface area contributed by atoms with Crippen LogP contribution < -0.4 is 5.48 Å². The average Bonchev–Trinajstić information content (AvgIpc) is 3.37. The van der Waals surface area contributed by atoms with Gasteiger partial charge in [0, 0.05) is 45.1 Å². The summed E-state index contributed by atoms with van der Waals surface area (Å²) in [6, 6.07) is 1.60. The molecular formula is C17H23N3O5. The first-order valence-corrected chi connectivity index (χ1v) is 8.72. The van der Waals surface area contributed by atoms with Crippen molar-refractivity contribution in [2.75, 3.05) is 33.4 Å². The number of aliphatic imine (C=N–C) groups is 1. The van der Waals surface area contributed by atoms with Crippen molar-refractivity contribution in [2.24, 2.45) is 4.99 Å². The molecule has 1 aromatic heterocycles. The summed E-state index contributed by atoms with van der Waals surface area (Å²) in [6.45, 7) is 3.72. The molecule has 4 heterocycles. The van der Waals surface area contributed by atoms with Crippen molar-refractivity contribution < 1.29 is 23.5 Å². The Morgan fingerprint density at radius 2 is 2.32 bits per heavy atom. The minimum atomic E-state index is -0.555. The summed E-state index contributed by atoms with van der Waals surface area (Å²) in [5.74, 6) is 0.549. The number of hydroxylamine groups is 1. The summed E-state index contributed by atoms with van der Waals surface area (Å²) in [7, 11) is 1.34. The number of nitrogens with one attached hydrogen (secondary N) is 1. The fourth-order valence-corrected chi connectivity index (χ4v) is 3.56.